The molecule has 1 N–H and O–H groups in total. The van der Waals surface area contributed by atoms with Gasteiger partial charge >= 0.3 is 0 Å². The number of halogens is 3. The summed E-state index contributed by atoms with van der Waals surface area (Å²) in [5, 5.41) is 1.81. The highest BCUT2D eigenvalue weighted by Crippen LogP contribution is 2.34. The van der Waals surface area contributed by atoms with E-state index in [4.69, 9.17) is 34.8 Å². The number of piperazine rings is 1. The van der Waals surface area contributed by atoms with Crippen molar-refractivity contribution >= 4 is 56.6 Å². The smallest absolute Gasteiger partial charge is 0.246 e. The maximum Gasteiger partial charge on any atom is 0.246 e. The normalized spacial score (nSPS) is 17.1. The number of benzene rings is 1. The first-order chi connectivity index (χ1) is 9.21. The van der Waals surface area contributed by atoms with Gasteiger partial charge in [-0.1, -0.05) is 34.8 Å². The van der Waals surface area contributed by atoms with E-state index in [1.54, 1.807) is 0 Å². The van der Waals surface area contributed by atoms with Crippen molar-refractivity contribution in [3.63, 3.8) is 0 Å². The van der Waals surface area contributed by atoms with Gasteiger partial charge < -0.3 is 0 Å². The number of carbonyl (C=O) groups is 2. The van der Waals surface area contributed by atoms with Crippen molar-refractivity contribution in [3.8, 4) is 0 Å². The van der Waals surface area contributed by atoms with Gasteiger partial charge in [0.2, 0.25) is 21.8 Å². The van der Waals surface area contributed by atoms with E-state index in [0.717, 1.165) is 0 Å². The van der Waals surface area contributed by atoms with Gasteiger partial charge in [-0.15, -0.1) is 0 Å². The first-order valence-electron chi connectivity index (χ1n) is 5.19. The van der Waals surface area contributed by atoms with Crippen molar-refractivity contribution in [2.75, 3.05) is 13.1 Å². The van der Waals surface area contributed by atoms with Crippen molar-refractivity contribution < 1.29 is 18.0 Å². The molecule has 0 atom stereocenters. The Bertz CT molecular complexity index is 665. The van der Waals surface area contributed by atoms with E-state index in [9.17, 15) is 18.0 Å². The molecule has 1 heterocycles. The van der Waals surface area contributed by atoms with Gasteiger partial charge in [-0.2, -0.15) is 4.31 Å². The van der Waals surface area contributed by atoms with Crippen LogP contribution in [0.1, 0.15) is 0 Å². The lowest BCUT2D eigenvalue weighted by atomic mass is 10.4. The van der Waals surface area contributed by atoms with Gasteiger partial charge in [0.1, 0.15) is 4.90 Å². The van der Waals surface area contributed by atoms with Crippen LogP contribution in [0.3, 0.4) is 0 Å². The van der Waals surface area contributed by atoms with Gasteiger partial charge in [0.15, 0.2) is 0 Å². The number of nitrogens with zero attached hydrogens (tertiary/aromatic N) is 1. The van der Waals surface area contributed by atoms with E-state index >= 15 is 0 Å². The van der Waals surface area contributed by atoms with Crippen LogP contribution in [0.4, 0.5) is 0 Å². The van der Waals surface area contributed by atoms with Gasteiger partial charge in [-0.25, -0.2) is 8.42 Å². The minimum Gasteiger partial charge on any atom is -0.294 e. The molecule has 1 saturated heterocycles. The number of carbonyl (C=O) groups excluding carboxylic acids is 2. The first kappa shape index (κ1) is 15.5. The third-order valence-electron chi connectivity index (χ3n) is 2.48. The Morgan fingerprint density at radius 2 is 1.45 bits per heavy atom. The third-order valence-corrected chi connectivity index (χ3v) is 5.41. The minimum absolute atomic E-state index is 0.173. The summed E-state index contributed by atoms with van der Waals surface area (Å²) in [4.78, 5) is 22.1. The Balaban J connectivity index is 2.51. The number of rotatable bonds is 2. The zero-order valence-corrected chi connectivity index (χ0v) is 12.8. The highest BCUT2D eigenvalue weighted by molar-refractivity contribution is 7.89. The van der Waals surface area contributed by atoms with Gasteiger partial charge in [-0.05, 0) is 12.1 Å². The Labute approximate surface area is 129 Å². The predicted octanol–water partition coefficient (Wildman–Crippen LogP) is 1.29. The molecule has 2 rings (SSSR count). The molecule has 1 aromatic carbocycles. The van der Waals surface area contributed by atoms with Gasteiger partial charge in [0.25, 0.3) is 0 Å². The molecule has 0 bridgehead atoms. The maximum atomic E-state index is 12.4. The number of hydrogen-bond donors (Lipinski definition) is 1. The van der Waals surface area contributed by atoms with E-state index < -0.39 is 34.9 Å². The molecule has 0 spiro atoms. The quantitative estimate of drug-likeness (QED) is 0.809. The van der Waals surface area contributed by atoms with Crippen LogP contribution >= 0.6 is 34.8 Å². The lowest BCUT2D eigenvalue weighted by Crippen LogP contribution is -2.53. The summed E-state index contributed by atoms with van der Waals surface area (Å²) >= 11 is 17.4. The van der Waals surface area contributed by atoms with Crippen LogP contribution < -0.4 is 5.32 Å². The van der Waals surface area contributed by atoms with Crippen LogP contribution in [0.25, 0.3) is 0 Å². The highest BCUT2D eigenvalue weighted by atomic mass is 35.5. The van der Waals surface area contributed by atoms with Crippen LogP contribution in [-0.2, 0) is 19.6 Å². The van der Waals surface area contributed by atoms with E-state index in [1.807, 2.05) is 5.32 Å². The second-order valence-corrected chi connectivity index (χ2v) is 7.07. The van der Waals surface area contributed by atoms with Crippen LogP contribution in [0.2, 0.25) is 15.1 Å². The summed E-state index contributed by atoms with van der Waals surface area (Å²) in [7, 11) is -4.18. The zero-order chi connectivity index (χ0) is 15.1. The van der Waals surface area contributed by atoms with E-state index in [-0.39, 0.29) is 20.0 Å². The number of amides is 2. The fourth-order valence-electron chi connectivity index (χ4n) is 1.69. The fourth-order valence-corrected chi connectivity index (χ4v) is 4.53. The lowest BCUT2D eigenvalue weighted by molar-refractivity contribution is -0.134. The van der Waals surface area contributed by atoms with Crippen molar-refractivity contribution in [2.45, 2.75) is 4.90 Å². The fraction of sp³-hybridized carbons (Fsp3) is 0.200. The number of nitrogens with one attached hydrogen (secondary N) is 1. The summed E-state index contributed by atoms with van der Waals surface area (Å²) in [5.74, 6) is -1.43. The van der Waals surface area contributed by atoms with Crippen LogP contribution in [0, 0.1) is 0 Å². The predicted molar refractivity (Wildman–Crippen MR) is 73.4 cm³/mol. The molecule has 1 aromatic rings. The summed E-state index contributed by atoms with van der Waals surface area (Å²) in [6.07, 6.45) is 0. The first-order valence-corrected chi connectivity index (χ1v) is 7.76. The van der Waals surface area contributed by atoms with Crippen molar-refractivity contribution in [1.82, 2.24) is 9.62 Å². The maximum absolute atomic E-state index is 12.4. The summed E-state index contributed by atoms with van der Waals surface area (Å²) in [6.45, 7) is -0.966. The Morgan fingerprint density at radius 1 is 1.00 bits per heavy atom. The Morgan fingerprint density at radius 3 is 1.90 bits per heavy atom. The van der Waals surface area contributed by atoms with E-state index in [2.05, 4.69) is 0 Å². The largest absolute Gasteiger partial charge is 0.294 e. The van der Waals surface area contributed by atoms with E-state index in [0.29, 0.717) is 4.31 Å². The average Bonchev–Trinajstić information content (AvgIpc) is 2.25. The summed E-state index contributed by atoms with van der Waals surface area (Å²) < 4.78 is 25.5. The molecule has 0 saturated carbocycles. The molecule has 0 aromatic heterocycles. The molecule has 20 heavy (non-hydrogen) atoms. The SMILES string of the molecule is O=C1CN(S(=O)(=O)c2c(Cl)cc(Cl)cc2Cl)CC(=O)N1. The topological polar surface area (TPSA) is 83.6 Å². The molecular formula is C10H7Cl3N2O4S. The van der Waals surface area contributed by atoms with Gasteiger partial charge in [0, 0.05) is 5.02 Å². The van der Waals surface area contributed by atoms with E-state index in [1.165, 1.54) is 12.1 Å². The Kier molecular flexibility index (Phi) is 4.27. The van der Waals surface area contributed by atoms with Gasteiger partial charge in [-0.3, -0.25) is 14.9 Å². The zero-order valence-electron chi connectivity index (χ0n) is 9.69. The van der Waals surface area contributed by atoms with Crippen molar-refractivity contribution in [3.05, 3.63) is 27.2 Å². The van der Waals surface area contributed by atoms with Crippen LogP contribution in [-0.4, -0.2) is 37.6 Å². The molecule has 10 heteroatoms. The van der Waals surface area contributed by atoms with Crippen molar-refractivity contribution in [1.29, 1.82) is 0 Å². The second-order valence-electron chi connectivity index (χ2n) is 3.94. The molecule has 1 aliphatic heterocycles. The standard InChI is InChI=1S/C10H7Cl3N2O4S/c11-5-1-6(12)10(7(13)2-5)20(18,19)15-3-8(16)14-9(17)4-15/h1-2H,3-4H2,(H,14,16,17). The Hall–Kier alpha value is -0.860. The van der Waals surface area contributed by atoms with Crippen LogP contribution in [0.5, 0.6) is 0 Å². The molecule has 108 valence electrons. The average molecular weight is 358 g/mol. The third kappa shape index (κ3) is 2.91. The second kappa shape index (κ2) is 5.50. The van der Waals surface area contributed by atoms with Crippen LogP contribution in [0.15, 0.2) is 17.0 Å². The number of imide groups is 1. The van der Waals surface area contributed by atoms with Gasteiger partial charge in [0.05, 0.1) is 23.1 Å². The highest BCUT2D eigenvalue weighted by Gasteiger charge is 2.35. The molecule has 2 amide bonds. The van der Waals surface area contributed by atoms with Crippen molar-refractivity contribution in [2.24, 2.45) is 0 Å². The molecule has 0 aliphatic carbocycles. The molecular weight excluding hydrogens is 351 g/mol. The summed E-state index contributed by atoms with van der Waals surface area (Å²) in [6, 6.07) is 2.43. The number of hydrogen-bond acceptors (Lipinski definition) is 4. The monoisotopic (exact) mass is 356 g/mol. The number of sulfonamides is 1. The lowest BCUT2D eigenvalue weighted by Gasteiger charge is -2.25. The molecule has 1 fully saturated rings. The molecule has 0 unspecified atom stereocenters. The molecule has 6 nitrogen and oxygen atoms in total. The molecule has 0 radical (unpaired) electrons. The summed E-state index contributed by atoms with van der Waals surface area (Å²) in [5.41, 5.74) is 0. The molecule has 1 aliphatic rings. The minimum atomic E-state index is -4.18.